The normalized spacial score (nSPS) is 14.3. The molecule has 0 aromatic heterocycles. The topological polar surface area (TPSA) is 85.4 Å². The van der Waals surface area contributed by atoms with Crippen molar-refractivity contribution in [3.05, 3.63) is 47.8 Å². The maximum absolute atomic E-state index is 12.4. The van der Waals surface area contributed by atoms with Crippen molar-refractivity contribution in [2.24, 2.45) is 0 Å². The lowest BCUT2D eigenvalue weighted by atomic mass is 10.2. The van der Waals surface area contributed by atoms with Crippen LogP contribution in [0.1, 0.15) is 26.3 Å². The monoisotopic (exact) mass is 376 g/mol. The molecule has 27 heavy (non-hydrogen) atoms. The molecule has 1 aromatic rings. The van der Waals surface area contributed by atoms with Gasteiger partial charge in [0.25, 0.3) is 0 Å². The summed E-state index contributed by atoms with van der Waals surface area (Å²) in [6, 6.07) is 9.18. The number of carbonyl (C=O) groups is 3. The van der Waals surface area contributed by atoms with Crippen molar-refractivity contribution in [3.8, 4) is 0 Å². The first-order chi connectivity index (χ1) is 12.7. The maximum atomic E-state index is 12.4. The number of amides is 2. The summed E-state index contributed by atoms with van der Waals surface area (Å²) in [6.45, 7) is 5.54. The SMILES string of the molecule is COC(=O)C1=CN(C(=O)OC(C)(C)C)CCN1C(=O)OCc1ccccc1. The van der Waals surface area contributed by atoms with Crippen LogP contribution in [-0.2, 0) is 25.6 Å². The maximum Gasteiger partial charge on any atom is 0.414 e. The van der Waals surface area contributed by atoms with Gasteiger partial charge in [0, 0.05) is 19.3 Å². The minimum atomic E-state index is -0.750. The molecule has 0 saturated heterocycles. The van der Waals surface area contributed by atoms with Gasteiger partial charge in [-0.25, -0.2) is 14.4 Å². The zero-order valence-electron chi connectivity index (χ0n) is 15.9. The average molecular weight is 376 g/mol. The van der Waals surface area contributed by atoms with Gasteiger partial charge in [0.05, 0.1) is 7.11 Å². The summed E-state index contributed by atoms with van der Waals surface area (Å²) in [5.41, 5.74) is 0.0526. The molecular formula is C19H24N2O6. The Bertz CT molecular complexity index is 723. The molecule has 0 unspecified atom stereocenters. The average Bonchev–Trinajstić information content (AvgIpc) is 2.64. The van der Waals surface area contributed by atoms with E-state index in [2.05, 4.69) is 0 Å². The lowest BCUT2D eigenvalue weighted by Gasteiger charge is -2.33. The van der Waals surface area contributed by atoms with E-state index < -0.39 is 23.8 Å². The highest BCUT2D eigenvalue weighted by Crippen LogP contribution is 2.19. The number of nitrogens with zero attached hydrogens (tertiary/aromatic N) is 2. The van der Waals surface area contributed by atoms with Crippen LogP contribution in [0.4, 0.5) is 9.59 Å². The van der Waals surface area contributed by atoms with Crippen molar-refractivity contribution in [1.29, 1.82) is 0 Å². The first-order valence-corrected chi connectivity index (χ1v) is 8.49. The van der Waals surface area contributed by atoms with E-state index in [0.717, 1.165) is 10.5 Å². The molecule has 1 aromatic carbocycles. The number of hydrogen-bond donors (Lipinski definition) is 0. The molecule has 0 atom stereocenters. The van der Waals surface area contributed by atoms with Crippen molar-refractivity contribution < 1.29 is 28.6 Å². The molecule has 1 aliphatic heterocycles. The van der Waals surface area contributed by atoms with Crippen LogP contribution in [0.15, 0.2) is 42.2 Å². The zero-order valence-corrected chi connectivity index (χ0v) is 15.9. The fourth-order valence-corrected chi connectivity index (χ4v) is 2.33. The molecule has 2 rings (SSSR count). The highest BCUT2D eigenvalue weighted by Gasteiger charge is 2.33. The third kappa shape index (κ3) is 5.73. The van der Waals surface area contributed by atoms with Gasteiger partial charge in [0.2, 0.25) is 0 Å². The summed E-state index contributed by atoms with van der Waals surface area (Å²) in [7, 11) is 1.20. The molecule has 0 saturated carbocycles. The molecule has 146 valence electrons. The summed E-state index contributed by atoms with van der Waals surface area (Å²) in [5.74, 6) is -0.750. The summed E-state index contributed by atoms with van der Waals surface area (Å²) in [4.78, 5) is 39.1. The van der Waals surface area contributed by atoms with Crippen LogP contribution < -0.4 is 0 Å². The van der Waals surface area contributed by atoms with Gasteiger partial charge in [0.1, 0.15) is 17.9 Å². The molecular weight excluding hydrogens is 352 g/mol. The number of rotatable bonds is 3. The molecule has 0 spiro atoms. The lowest BCUT2D eigenvalue weighted by molar-refractivity contribution is -0.138. The Labute approximate surface area is 158 Å². The lowest BCUT2D eigenvalue weighted by Crippen LogP contribution is -2.47. The van der Waals surface area contributed by atoms with Crippen LogP contribution in [-0.4, -0.2) is 53.8 Å². The molecule has 8 nitrogen and oxygen atoms in total. The first-order valence-electron chi connectivity index (χ1n) is 8.49. The fourth-order valence-electron chi connectivity index (χ4n) is 2.33. The summed E-state index contributed by atoms with van der Waals surface area (Å²) in [5, 5.41) is 0. The number of methoxy groups -OCH3 is 1. The molecule has 2 amide bonds. The summed E-state index contributed by atoms with van der Waals surface area (Å²) < 4.78 is 15.3. The van der Waals surface area contributed by atoms with Crippen LogP contribution in [0.25, 0.3) is 0 Å². The van der Waals surface area contributed by atoms with Gasteiger partial charge in [-0.15, -0.1) is 0 Å². The van der Waals surface area contributed by atoms with Gasteiger partial charge in [-0.05, 0) is 26.3 Å². The van der Waals surface area contributed by atoms with Gasteiger partial charge in [-0.2, -0.15) is 0 Å². The molecule has 0 aliphatic carbocycles. The second-order valence-corrected chi connectivity index (χ2v) is 6.87. The molecule has 0 fully saturated rings. The van der Waals surface area contributed by atoms with Crippen molar-refractivity contribution in [2.45, 2.75) is 33.0 Å². The number of benzene rings is 1. The standard InChI is InChI=1S/C19H24N2O6/c1-19(2,3)27-17(23)20-10-11-21(15(12-20)16(22)25-4)18(24)26-13-14-8-6-5-7-9-14/h5-9,12H,10-11,13H2,1-4H3. The first kappa shape index (κ1) is 20.3. The minimum Gasteiger partial charge on any atom is -0.464 e. The minimum absolute atomic E-state index is 0.0698. The Morgan fingerprint density at radius 2 is 1.70 bits per heavy atom. The Hall–Kier alpha value is -3.03. The van der Waals surface area contributed by atoms with Crippen LogP contribution in [0.5, 0.6) is 0 Å². The summed E-state index contributed by atoms with van der Waals surface area (Å²) >= 11 is 0. The molecule has 0 radical (unpaired) electrons. The van der Waals surface area contributed by atoms with Crippen LogP contribution in [0, 0.1) is 0 Å². The highest BCUT2D eigenvalue weighted by atomic mass is 16.6. The molecule has 8 heteroatoms. The zero-order chi connectivity index (χ0) is 20.0. The van der Waals surface area contributed by atoms with Crippen molar-refractivity contribution in [3.63, 3.8) is 0 Å². The van der Waals surface area contributed by atoms with Gasteiger partial charge in [0.15, 0.2) is 0 Å². The molecule has 0 N–H and O–H groups in total. The third-order valence-electron chi connectivity index (χ3n) is 3.58. The number of ether oxygens (including phenoxy) is 3. The Morgan fingerprint density at radius 3 is 2.30 bits per heavy atom. The Morgan fingerprint density at radius 1 is 1.04 bits per heavy atom. The van der Waals surface area contributed by atoms with E-state index in [1.165, 1.54) is 18.2 Å². The number of hydrogen-bond acceptors (Lipinski definition) is 6. The Kier molecular flexibility index (Phi) is 6.44. The van der Waals surface area contributed by atoms with E-state index in [4.69, 9.17) is 14.2 Å². The van der Waals surface area contributed by atoms with Crippen LogP contribution in [0.2, 0.25) is 0 Å². The highest BCUT2D eigenvalue weighted by molar-refractivity contribution is 5.93. The van der Waals surface area contributed by atoms with E-state index in [1.807, 2.05) is 30.3 Å². The van der Waals surface area contributed by atoms with Crippen LogP contribution >= 0.6 is 0 Å². The Balaban J connectivity index is 2.11. The fraction of sp³-hybridized carbons (Fsp3) is 0.421. The van der Waals surface area contributed by atoms with E-state index in [-0.39, 0.29) is 25.4 Å². The van der Waals surface area contributed by atoms with E-state index in [1.54, 1.807) is 20.8 Å². The quantitative estimate of drug-likeness (QED) is 0.596. The second-order valence-electron chi connectivity index (χ2n) is 6.87. The van der Waals surface area contributed by atoms with Crippen LogP contribution in [0.3, 0.4) is 0 Å². The second kappa shape index (κ2) is 8.57. The molecule has 1 aliphatic rings. The van der Waals surface area contributed by atoms with Crippen molar-refractivity contribution >= 4 is 18.2 Å². The number of carbonyl (C=O) groups excluding carboxylic acids is 3. The van der Waals surface area contributed by atoms with Crippen molar-refractivity contribution in [1.82, 2.24) is 9.80 Å². The molecule has 1 heterocycles. The predicted octanol–water partition coefficient (Wildman–Crippen LogP) is 2.89. The van der Waals surface area contributed by atoms with E-state index >= 15 is 0 Å². The third-order valence-corrected chi connectivity index (χ3v) is 3.58. The van der Waals surface area contributed by atoms with Gasteiger partial charge >= 0.3 is 18.2 Å². The van der Waals surface area contributed by atoms with Crippen molar-refractivity contribution in [2.75, 3.05) is 20.2 Å². The van der Waals surface area contributed by atoms with Gasteiger partial charge in [-0.1, -0.05) is 30.3 Å². The predicted molar refractivity (Wildman–Crippen MR) is 96.4 cm³/mol. The smallest absolute Gasteiger partial charge is 0.414 e. The van der Waals surface area contributed by atoms with Gasteiger partial charge < -0.3 is 14.2 Å². The molecule has 0 bridgehead atoms. The van der Waals surface area contributed by atoms with E-state index in [0.29, 0.717) is 0 Å². The van der Waals surface area contributed by atoms with Gasteiger partial charge in [-0.3, -0.25) is 9.80 Å². The largest absolute Gasteiger partial charge is 0.464 e. The summed E-state index contributed by atoms with van der Waals surface area (Å²) in [6.07, 6.45) is -0.0618. The van der Waals surface area contributed by atoms with E-state index in [9.17, 15) is 14.4 Å². The number of esters is 1.